The van der Waals surface area contributed by atoms with Crippen molar-refractivity contribution in [2.75, 3.05) is 20.3 Å². The number of para-hydroxylation sites is 1. The third kappa shape index (κ3) is 3.75. The Balaban J connectivity index is 2.28. The van der Waals surface area contributed by atoms with Crippen molar-refractivity contribution in [3.05, 3.63) is 53.1 Å². The van der Waals surface area contributed by atoms with Gasteiger partial charge in [0.1, 0.15) is 11.5 Å². The number of nitrogens with zero attached hydrogens (tertiary/aromatic N) is 2. The highest BCUT2D eigenvalue weighted by Gasteiger charge is 2.27. The highest BCUT2D eigenvalue weighted by Crippen LogP contribution is 2.39. The highest BCUT2D eigenvalue weighted by molar-refractivity contribution is 6.17. The summed E-state index contributed by atoms with van der Waals surface area (Å²) < 4.78 is 17.4. The Morgan fingerprint density at radius 1 is 0.857 bits per heavy atom. The highest BCUT2D eigenvalue weighted by atomic mass is 16.5. The van der Waals surface area contributed by atoms with Gasteiger partial charge in [-0.3, -0.25) is 0 Å². The summed E-state index contributed by atoms with van der Waals surface area (Å²) in [4.78, 5) is 0. The van der Waals surface area contributed by atoms with Crippen LogP contribution in [0, 0.1) is 0 Å². The molecule has 0 aliphatic carbocycles. The number of ether oxygens (including phenoxy) is 3. The lowest BCUT2D eigenvalue weighted by Gasteiger charge is -2.21. The molecule has 0 saturated carbocycles. The van der Waals surface area contributed by atoms with Gasteiger partial charge in [-0.15, -0.1) is 5.10 Å². The average Bonchev–Trinajstić information content (AvgIpc) is 2.84. The van der Waals surface area contributed by atoms with Crippen molar-refractivity contribution < 1.29 is 14.2 Å². The van der Waals surface area contributed by atoms with E-state index in [1.165, 1.54) is 0 Å². The van der Waals surface area contributed by atoms with Gasteiger partial charge in [0, 0.05) is 22.8 Å². The van der Waals surface area contributed by atoms with Crippen LogP contribution in [0.1, 0.15) is 56.7 Å². The lowest BCUT2D eigenvalue weighted by molar-refractivity contribution is 0.287. The average molecular weight is 380 g/mol. The third-order valence-electron chi connectivity index (χ3n) is 4.93. The van der Waals surface area contributed by atoms with Crippen molar-refractivity contribution in [3.63, 3.8) is 0 Å². The lowest BCUT2D eigenvalue weighted by Crippen LogP contribution is -2.14. The fourth-order valence-electron chi connectivity index (χ4n) is 3.64. The van der Waals surface area contributed by atoms with Crippen LogP contribution in [0.3, 0.4) is 0 Å². The molecular weight excluding hydrogens is 352 g/mol. The quantitative estimate of drug-likeness (QED) is 0.662. The number of hydrogen-bond acceptors (Lipinski definition) is 5. The second kappa shape index (κ2) is 8.91. The van der Waals surface area contributed by atoms with Crippen molar-refractivity contribution >= 4 is 11.4 Å². The predicted octanol–water partition coefficient (Wildman–Crippen LogP) is 5.21. The van der Waals surface area contributed by atoms with E-state index < -0.39 is 0 Å². The standard InChI is InChI=1S/C23H28N2O3/c1-6-16-15(4)24-25-23(17-11-9-10-12-20(17)26-5)19-14-22(28-8-3)21(27-7-2)13-18(16)19/h9-14,16H,6-8H2,1-5H3. The van der Waals surface area contributed by atoms with E-state index in [9.17, 15) is 0 Å². The Labute approximate surface area is 167 Å². The van der Waals surface area contributed by atoms with E-state index >= 15 is 0 Å². The topological polar surface area (TPSA) is 52.4 Å². The van der Waals surface area contributed by atoms with Crippen molar-refractivity contribution in [1.82, 2.24) is 0 Å². The van der Waals surface area contributed by atoms with Gasteiger partial charge in [0.05, 0.1) is 20.3 Å². The van der Waals surface area contributed by atoms with Crippen LogP contribution in [0.2, 0.25) is 0 Å². The summed E-state index contributed by atoms with van der Waals surface area (Å²) >= 11 is 0. The summed E-state index contributed by atoms with van der Waals surface area (Å²) in [6.07, 6.45) is 0.927. The molecule has 148 valence electrons. The molecule has 1 unspecified atom stereocenters. The van der Waals surface area contributed by atoms with Gasteiger partial charge in [0.2, 0.25) is 0 Å². The monoisotopic (exact) mass is 380 g/mol. The Kier molecular flexibility index (Phi) is 6.34. The molecule has 2 aromatic rings. The van der Waals surface area contributed by atoms with Crippen LogP contribution in [0.5, 0.6) is 17.2 Å². The zero-order valence-corrected chi connectivity index (χ0v) is 17.3. The SMILES string of the molecule is CCOc1cc2c(cc1OCC)C(CC)C(C)=NN=C2c1ccccc1OC. The molecule has 5 nitrogen and oxygen atoms in total. The molecule has 0 fully saturated rings. The van der Waals surface area contributed by atoms with E-state index in [2.05, 4.69) is 23.2 Å². The summed E-state index contributed by atoms with van der Waals surface area (Å²) in [7, 11) is 1.67. The lowest BCUT2D eigenvalue weighted by atomic mass is 9.85. The maximum absolute atomic E-state index is 5.88. The Morgan fingerprint density at radius 2 is 1.54 bits per heavy atom. The largest absolute Gasteiger partial charge is 0.496 e. The summed E-state index contributed by atoms with van der Waals surface area (Å²) in [5, 5.41) is 9.17. The fraction of sp³-hybridized carbons (Fsp3) is 0.391. The van der Waals surface area contributed by atoms with Gasteiger partial charge in [-0.05, 0) is 57.0 Å². The molecule has 1 aliphatic rings. The van der Waals surface area contributed by atoms with Crippen molar-refractivity contribution in [1.29, 1.82) is 0 Å². The van der Waals surface area contributed by atoms with Crippen LogP contribution >= 0.6 is 0 Å². The zero-order valence-electron chi connectivity index (χ0n) is 17.3. The summed E-state index contributed by atoms with van der Waals surface area (Å²) in [5.41, 5.74) is 4.83. The molecule has 1 heterocycles. The van der Waals surface area contributed by atoms with Gasteiger partial charge in [-0.25, -0.2) is 0 Å². The summed E-state index contributed by atoms with van der Waals surface area (Å²) in [6, 6.07) is 12.0. The molecule has 0 radical (unpaired) electrons. The van der Waals surface area contributed by atoms with Crippen LogP contribution in [0.15, 0.2) is 46.6 Å². The Hall–Kier alpha value is -2.82. The second-order valence-electron chi connectivity index (χ2n) is 6.60. The van der Waals surface area contributed by atoms with Gasteiger partial charge in [-0.2, -0.15) is 5.10 Å². The minimum atomic E-state index is 0.167. The molecular formula is C23H28N2O3. The van der Waals surface area contributed by atoms with Gasteiger partial charge in [0.25, 0.3) is 0 Å². The predicted molar refractivity (Wildman–Crippen MR) is 114 cm³/mol. The molecule has 2 aromatic carbocycles. The maximum Gasteiger partial charge on any atom is 0.161 e. The van der Waals surface area contributed by atoms with Gasteiger partial charge in [0.15, 0.2) is 11.5 Å². The summed E-state index contributed by atoms with van der Waals surface area (Å²) in [5.74, 6) is 2.42. The number of fused-ring (bicyclic) bond motifs is 1. The van der Waals surface area contributed by atoms with E-state index in [0.29, 0.717) is 13.2 Å². The van der Waals surface area contributed by atoms with Gasteiger partial charge >= 0.3 is 0 Å². The van der Waals surface area contributed by atoms with Gasteiger partial charge in [-0.1, -0.05) is 19.1 Å². The van der Waals surface area contributed by atoms with Gasteiger partial charge < -0.3 is 14.2 Å². The van der Waals surface area contributed by atoms with Crippen molar-refractivity contribution in [3.8, 4) is 17.2 Å². The van der Waals surface area contributed by atoms with E-state index in [0.717, 1.165) is 51.8 Å². The van der Waals surface area contributed by atoms with Crippen molar-refractivity contribution in [2.24, 2.45) is 10.2 Å². The molecule has 1 atom stereocenters. The molecule has 0 saturated heterocycles. The van der Waals surface area contributed by atoms with Crippen LogP contribution in [-0.4, -0.2) is 31.7 Å². The van der Waals surface area contributed by atoms with Crippen LogP contribution < -0.4 is 14.2 Å². The molecule has 5 heteroatoms. The maximum atomic E-state index is 5.88. The first-order chi connectivity index (χ1) is 13.6. The number of rotatable bonds is 7. The minimum Gasteiger partial charge on any atom is -0.496 e. The molecule has 0 N–H and O–H groups in total. The molecule has 0 spiro atoms. The number of hydrogen-bond donors (Lipinski definition) is 0. The first-order valence-corrected chi connectivity index (χ1v) is 9.83. The van der Waals surface area contributed by atoms with E-state index in [1.54, 1.807) is 7.11 Å². The molecule has 3 rings (SSSR count). The molecule has 0 amide bonds. The second-order valence-corrected chi connectivity index (χ2v) is 6.60. The van der Waals surface area contributed by atoms with E-state index in [4.69, 9.17) is 14.2 Å². The van der Waals surface area contributed by atoms with E-state index in [1.807, 2.05) is 51.1 Å². The molecule has 0 bridgehead atoms. The Morgan fingerprint density at radius 3 is 2.18 bits per heavy atom. The van der Waals surface area contributed by atoms with Crippen LogP contribution in [-0.2, 0) is 0 Å². The third-order valence-corrected chi connectivity index (χ3v) is 4.93. The zero-order chi connectivity index (χ0) is 20.1. The molecule has 0 aromatic heterocycles. The van der Waals surface area contributed by atoms with Crippen molar-refractivity contribution in [2.45, 2.75) is 40.0 Å². The minimum absolute atomic E-state index is 0.167. The molecule has 1 aliphatic heterocycles. The fourth-order valence-corrected chi connectivity index (χ4v) is 3.64. The number of benzene rings is 2. The van der Waals surface area contributed by atoms with E-state index in [-0.39, 0.29) is 5.92 Å². The van der Waals surface area contributed by atoms with Crippen LogP contribution in [0.4, 0.5) is 0 Å². The van der Waals surface area contributed by atoms with Crippen LogP contribution in [0.25, 0.3) is 0 Å². The number of methoxy groups -OCH3 is 1. The molecule has 28 heavy (non-hydrogen) atoms. The summed E-state index contributed by atoms with van der Waals surface area (Å²) in [6.45, 7) is 9.29. The Bertz CT molecular complexity index is 903. The smallest absolute Gasteiger partial charge is 0.161 e. The normalized spacial score (nSPS) is 15.8. The first kappa shape index (κ1) is 19.9. The first-order valence-electron chi connectivity index (χ1n) is 9.83.